The van der Waals surface area contributed by atoms with Gasteiger partial charge in [-0.1, -0.05) is 32.6 Å². The molecule has 0 spiro atoms. The minimum absolute atomic E-state index is 0.526. The molecular formula is C16H27N3O. The molecule has 1 fully saturated rings. The predicted octanol–water partition coefficient (Wildman–Crippen LogP) is 2.98. The first kappa shape index (κ1) is 15.2. The van der Waals surface area contributed by atoms with Crippen LogP contribution in [0, 0.1) is 5.92 Å². The summed E-state index contributed by atoms with van der Waals surface area (Å²) in [7, 11) is 1.65. The van der Waals surface area contributed by atoms with Crippen LogP contribution < -0.4 is 10.1 Å². The van der Waals surface area contributed by atoms with E-state index in [1.165, 1.54) is 38.5 Å². The molecule has 2 rings (SSSR count). The van der Waals surface area contributed by atoms with Crippen LogP contribution in [0.1, 0.15) is 51.1 Å². The van der Waals surface area contributed by atoms with E-state index in [2.05, 4.69) is 22.2 Å². The number of hydrogen-bond donors (Lipinski definition) is 1. The summed E-state index contributed by atoms with van der Waals surface area (Å²) in [6.07, 6.45) is 10.8. The van der Waals surface area contributed by atoms with Crippen LogP contribution in [0.4, 0.5) is 0 Å². The summed E-state index contributed by atoms with van der Waals surface area (Å²) in [5, 5.41) is 3.66. The van der Waals surface area contributed by atoms with Crippen LogP contribution in [-0.2, 0) is 6.42 Å². The maximum atomic E-state index is 5.19. The van der Waals surface area contributed by atoms with Crippen LogP contribution in [0.3, 0.4) is 0 Å². The minimum Gasteiger partial charge on any atom is -0.481 e. The van der Waals surface area contributed by atoms with E-state index in [-0.39, 0.29) is 0 Å². The zero-order chi connectivity index (χ0) is 14.2. The third-order valence-corrected chi connectivity index (χ3v) is 4.27. The van der Waals surface area contributed by atoms with E-state index in [0.717, 1.165) is 24.6 Å². The van der Waals surface area contributed by atoms with E-state index in [1.807, 2.05) is 6.07 Å². The van der Waals surface area contributed by atoms with Gasteiger partial charge in [0.2, 0.25) is 5.88 Å². The SMILES string of the molecule is CCNC(Cc1cc(OC)ncn1)C1CCCCCC1. The van der Waals surface area contributed by atoms with Crippen molar-refractivity contribution in [3.63, 3.8) is 0 Å². The highest BCUT2D eigenvalue weighted by Crippen LogP contribution is 2.27. The molecule has 0 aromatic carbocycles. The van der Waals surface area contributed by atoms with Gasteiger partial charge in [-0.3, -0.25) is 0 Å². The number of methoxy groups -OCH3 is 1. The summed E-state index contributed by atoms with van der Waals surface area (Å²) in [6.45, 7) is 3.20. The van der Waals surface area contributed by atoms with Crippen molar-refractivity contribution in [2.24, 2.45) is 5.92 Å². The summed E-state index contributed by atoms with van der Waals surface area (Å²) in [4.78, 5) is 8.48. The predicted molar refractivity (Wildman–Crippen MR) is 80.9 cm³/mol. The average molecular weight is 277 g/mol. The van der Waals surface area contributed by atoms with E-state index in [4.69, 9.17) is 4.74 Å². The molecule has 0 saturated heterocycles. The van der Waals surface area contributed by atoms with E-state index in [1.54, 1.807) is 13.4 Å². The fourth-order valence-electron chi connectivity index (χ4n) is 3.21. The monoisotopic (exact) mass is 277 g/mol. The average Bonchev–Trinajstić information content (AvgIpc) is 2.76. The highest BCUT2D eigenvalue weighted by molar-refractivity contribution is 5.14. The Kier molecular flexibility index (Phi) is 6.25. The Morgan fingerprint density at radius 2 is 2.00 bits per heavy atom. The molecule has 1 N–H and O–H groups in total. The number of nitrogens with zero attached hydrogens (tertiary/aromatic N) is 2. The maximum Gasteiger partial charge on any atom is 0.216 e. The molecule has 1 heterocycles. The minimum atomic E-state index is 0.526. The molecule has 1 aromatic rings. The molecule has 0 bridgehead atoms. The second kappa shape index (κ2) is 8.20. The van der Waals surface area contributed by atoms with Gasteiger partial charge < -0.3 is 10.1 Å². The van der Waals surface area contributed by atoms with Gasteiger partial charge in [0.25, 0.3) is 0 Å². The molecule has 1 unspecified atom stereocenters. The highest BCUT2D eigenvalue weighted by Gasteiger charge is 2.22. The van der Waals surface area contributed by atoms with Gasteiger partial charge in [-0.15, -0.1) is 0 Å². The van der Waals surface area contributed by atoms with E-state index in [0.29, 0.717) is 11.9 Å². The largest absolute Gasteiger partial charge is 0.481 e. The van der Waals surface area contributed by atoms with Crippen molar-refractivity contribution >= 4 is 0 Å². The molecule has 1 saturated carbocycles. The zero-order valence-corrected chi connectivity index (χ0v) is 12.8. The number of nitrogens with one attached hydrogen (secondary N) is 1. The maximum absolute atomic E-state index is 5.19. The summed E-state index contributed by atoms with van der Waals surface area (Å²) in [5.74, 6) is 1.43. The fraction of sp³-hybridized carbons (Fsp3) is 0.750. The first-order valence-electron chi connectivity index (χ1n) is 7.91. The van der Waals surface area contributed by atoms with Crippen molar-refractivity contribution in [3.8, 4) is 5.88 Å². The molecule has 1 atom stereocenters. The van der Waals surface area contributed by atoms with Crippen molar-refractivity contribution in [2.75, 3.05) is 13.7 Å². The smallest absolute Gasteiger partial charge is 0.216 e. The third-order valence-electron chi connectivity index (χ3n) is 4.27. The van der Waals surface area contributed by atoms with Crippen LogP contribution >= 0.6 is 0 Å². The zero-order valence-electron chi connectivity index (χ0n) is 12.8. The van der Waals surface area contributed by atoms with Gasteiger partial charge in [0.15, 0.2) is 0 Å². The number of hydrogen-bond acceptors (Lipinski definition) is 4. The van der Waals surface area contributed by atoms with E-state index >= 15 is 0 Å². The van der Waals surface area contributed by atoms with Gasteiger partial charge in [0, 0.05) is 24.2 Å². The lowest BCUT2D eigenvalue weighted by Crippen LogP contribution is -2.38. The molecule has 1 aliphatic carbocycles. The lowest BCUT2D eigenvalue weighted by Gasteiger charge is -2.26. The van der Waals surface area contributed by atoms with Crippen molar-refractivity contribution in [3.05, 3.63) is 18.1 Å². The number of ether oxygens (including phenoxy) is 1. The van der Waals surface area contributed by atoms with Gasteiger partial charge in [-0.2, -0.15) is 0 Å². The van der Waals surface area contributed by atoms with Gasteiger partial charge >= 0.3 is 0 Å². The summed E-state index contributed by atoms with van der Waals surface area (Å²) >= 11 is 0. The normalized spacial score (nSPS) is 18.5. The summed E-state index contributed by atoms with van der Waals surface area (Å²) < 4.78 is 5.19. The second-order valence-electron chi connectivity index (χ2n) is 5.67. The van der Waals surface area contributed by atoms with E-state index < -0.39 is 0 Å². The lowest BCUT2D eigenvalue weighted by atomic mass is 9.89. The Balaban J connectivity index is 2.03. The van der Waals surface area contributed by atoms with Crippen LogP contribution in [0.2, 0.25) is 0 Å². The topological polar surface area (TPSA) is 47.0 Å². The molecule has 20 heavy (non-hydrogen) atoms. The quantitative estimate of drug-likeness (QED) is 0.812. The van der Waals surface area contributed by atoms with Crippen LogP contribution in [0.15, 0.2) is 12.4 Å². The molecule has 0 radical (unpaired) electrons. The molecular weight excluding hydrogens is 250 g/mol. The van der Waals surface area contributed by atoms with Gasteiger partial charge in [0.1, 0.15) is 6.33 Å². The standard InChI is InChI=1S/C16H27N3O/c1-3-17-15(13-8-6-4-5-7-9-13)10-14-11-16(20-2)19-12-18-14/h11-13,15,17H,3-10H2,1-2H3. The molecule has 0 aliphatic heterocycles. The van der Waals surface area contributed by atoms with Crippen molar-refractivity contribution in [1.29, 1.82) is 0 Å². The highest BCUT2D eigenvalue weighted by atomic mass is 16.5. The Hall–Kier alpha value is -1.16. The second-order valence-corrected chi connectivity index (χ2v) is 5.67. The first-order chi connectivity index (χ1) is 9.83. The molecule has 1 aromatic heterocycles. The van der Waals surface area contributed by atoms with Gasteiger partial charge in [0.05, 0.1) is 7.11 Å². The number of aromatic nitrogens is 2. The molecule has 4 nitrogen and oxygen atoms in total. The van der Waals surface area contributed by atoms with Crippen LogP contribution in [0.25, 0.3) is 0 Å². The summed E-state index contributed by atoms with van der Waals surface area (Å²) in [6, 6.07) is 2.49. The number of rotatable bonds is 6. The third kappa shape index (κ3) is 4.44. The van der Waals surface area contributed by atoms with Crippen LogP contribution in [-0.4, -0.2) is 29.7 Å². The Morgan fingerprint density at radius 1 is 1.25 bits per heavy atom. The van der Waals surface area contributed by atoms with Crippen molar-refractivity contribution in [2.45, 2.75) is 57.9 Å². The Labute approximate surface area is 122 Å². The summed E-state index contributed by atoms with van der Waals surface area (Å²) in [5.41, 5.74) is 1.08. The molecule has 112 valence electrons. The van der Waals surface area contributed by atoms with Gasteiger partial charge in [-0.25, -0.2) is 9.97 Å². The Bertz CT molecular complexity index is 389. The molecule has 4 heteroatoms. The Morgan fingerprint density at radius 3 is 2.65 bits per heavy atom. The molecule has 1 aliphatic rings. The van der Waals surface area contributed by atoms with Crippen molar-refractivity contribution < 1.29 is 4.74 Å². The number of likely N-dealkylation sites (N-methyl/N-ethyl adjacent to an activating group) is 1. The first-order valence-corrected chi connectivity index (χ1v) is 7.91. The van der Waals surface area contributed by atoms with Crippen LogP contribution in [0.5, 0.6) is 5.88 Å². The lowest BCUT2D eigenvalue weighted by molar-refractivity contribution is 0.319. The van der Waals surface area contributed by atoms with Gasteiger partial charge in [-0.05, 0) is 25.3 Å². The van der Waals surface area contributed by atoms with Crippen molar-refractivity contribution in [1.82, 2.24) is 15.3 Å². The molecule has 0 amide bonds. The fourth-order valence-corrected chi connectivity index (χ4v) is 3.21. The van der Waals surface area contributed by atoms with E-state index in [9.17, 15) is 0 Å².